The number of terminal acetylenes is 1. The molecular formula is C15H20N2S. The standard InChI is InChI=1S/C13H18N2S.C2H2/c1-4-5-6-13-11(2)9-12(16-13)7-8-15-10-14-3;1-2/h4-6,9-10H,1,7-8H2,2-3H3,(H,14,15);1-2H/b6-5-;. The lowest BCUT2D eigenvalue weighted by Gasteiger charge is -1.96. The fourth-order valence-corrected chi connectivity index (χ4v) is 2.45. The fraction of sp³-hybridized carbons (Fsp3) is 0.267. The first-order valence-corrected chi connectivity index (χ1v) is 6.45. The zero-order valence-corrected chi connectivity index (χ0v) is 11.8. The summed E-state index contributed by atoms with van der Waals surface area (Å²) in [4.78, 5) is 6.59. The van der Waals surface area contributed by atoms with Crippen molar-refractivity contribution in [3.8, 4) is 12.8 Å². The van der Waals surface area contributed by atoms with Crippen LogP contribution in [0.25, 0.3) is 6.08 Å². The molecule has 1 aromatic rings. The van der Waals surface area contributed by atoms with Crippen LogP contribution in [0.3, 0.4) is 0 Å². The summed E-state index contributed by atoms with van der Waals surface area (Å²) in [7, 11) is 1.76. The van der Waals surface area contributed by atoms with Gasteiger partial charge >= 0.3 is 0 Å². The predicted molar refractivity (Wildman–Crippen MR) is 84.3 cm³/mol. The van der Waals surface area contributed by atoms with Crippen LogP contribution >= 0.6 is 11.3 Å². The number of aliphatic imine (C=N–C) groups is 1. The van der Waals surface area contributed by atoms with E-state index in [0.29, 0.717) is 0 Å². The second kappa shape index (κ2) is 10.4. The Balaban J connectivity index is 0.00000137. The molecule has 18 heavy (non-hydrogen) atoms. The van der Waals surface area contributed by atoms with Gasteiger partial charge < -0.3 is 5.32 Å². The Morgan fingerprint density at radius 2 is 2.22 bits per heavy atom. The second-order valence-corrected chi connectivity index (χ2v) is 4.61. The van der Waals surface area contributed by atoms with E-state index in [4.69, 9.17) is 0 Å². The Morgan fingerprint density at radius 3 is 2.83 bits per heavy atom. The number of allylic oxidation sites excluding steroid dienone is 2. The van der Waals surface area contributed by atoms with Gasteiger partial charge in [0.2, 0.25) is 0 Å². The van der Waals surface area contributed by atoms with Gasteiger partial charge in [0.25, 0.3) is 0 Å². The Labute approximate surface area is 114 Å². The topological polar surface area (TPSA) is 24.4 Å². The molecule has 0 amide bonds. The Morgan fingerprint density at radius 1 is 1.50 bits per heavy atom. The highest BCUT2D eigenvalue weighted by Crippen LogP contribution is 2.23. The quantitative estimate of drug-likeness (QED) is 0.274. The summed E-state index contributed by atoms with van der Waals surface area (Å²) < 4.78 is 0. The molecule has 0 unspecified atom stereocenters. The number of thiophene rings is 1. The van der Waals surface area contributed by atoms with Crippen LogP contribution in [0.4, 0.5) is 0 Å². The molecule has 0 radical (unpaired) electrons. The van der Waals surface area contributed by atoms with E-state index in [1.165, 1.54) is 15.3 Å². The van der Waals surface area contributed by atoms with Crippen molar-refractivity contribution in [2.75, 3.05) is 13.6 Å². The second-order valence-electron chi connectivity index (χ2n) is 3.45. The van der Waals surface area contributed by atoms with E-state index in [9.17, 15) is 0 Å². The molecule has 0 atom stereocenters. The van der Waals surface area contributed by atoms with E-state index < -0.39 is 0 Å². The molecule has 1 N–H and O–H groups in total. The van der Waals surface area contributed by atoms with Crippen molar-refractivity contribution in [3.05, 3.63) is 40.1 Å². The Kier molecular flexibility index (Phi) is 9.34. The van der Waals surface area contributed by atoms with Crippen molar-refractivity contribution in [3.63, 3.8) is 0 Å². The monoisotopic (exact) mass is 260 g/mol. The highest BCUT2D eigenvalue weighted by molar-refractivity contribution is 7.13. The highest BCUT2D eigenvalue weighted by atomic mass is 32.1. The average Bonchev–Trinajstić information content (AvgIpc) is 2.75. The number of nitrogens with one attached hydrogen (secondary N) is 1. The minimum atomic E-state index is 0.932. The van der Waals surface area contributed by atoms with E-state index in [1.54, 1.807) is 19.5 Å². The predicted octanol–water partition coefficient (Wildman–Crippen LogP) is 3.30. The van der Waals surface area contributed by atoms with Crippen molar-refractivity contribution in [2.45, 2.75) is 13.3 Å². The molecule has 0 saturated heterocycles. The zero-order valence-electron chi connectivity index (χ0n) is 11.0. The van der Waals surface area contributed by atoms with Gasteiger partial charge in [-0.25, -0.2) is 0 Å². The van der Waals surface area contributed by atoms with Crippen LogP contribution in [-0.2, 0) is 6.42 Å². The lowest BCUT2D eigenvalue weighted by Crippen LogP contribution is -2.14. The van der Waals surface area contributed by atoms with Crippen molar-refractivity contribution >= 4 is 23.8 Å². The molecule has 0 aliphatic heterocycles. The molecule has 1 aromatic heterocycles. The molecular weight excluding hydrogens is 240 g/mol. The van der Waals surface area contributed by atoms with Crippen LogP contribution in [0.1, 0.15) is 15.3 Å². The molecule has 0 aromatic carbocycles. The molecule has 0 spiro atoms. The van der Waals surface area contributed by atoms with Crippen LogP contribution < -0.4 is 5.32 Å². The summed E-state index contributed by atoms with van der Waals surface area (Å²) in [6.07, 6.45) is 16.7. The summed E-state index contributed by atoms with van der Waals surface area (Å²) in [5.74, 6) is 0. The number of hydrogen-bond acceptors (Lipinski definition) is 2. The molecule has 0 aliphatic rings. The average molecular weight is 260 g/mol. The first-order chi connectivity index (χ1) is 8.77. The third-order valence-electron chi connectivity index (χ3n) is 2.13. The minimum absolute atomic E-state index is 0.932. The van der Waals surface area contributed by atoms with Gasteiger partial charge in [0.1, 0.15) is 0 Å². The maximum Gasteiger partial charge on any atom is 0.0820 e. The largest absolute Gasteiger partial charge is 0.376 e. The van der Waals surface area contributed by atoms with Gasteiger partial charge in [0.15, 0.2) is 0 Å². The van der Waals surface area contributed by atoms with Gasteiger partial charge in [-0.1, -0.05) is 18.7 Å². The summed E-state index contributed by atoms with van der Waals surface area (Å²) in [6, 6.07) is 2.25. The highest BCUT2D eigenvalue weighted by Gasteiger charge is 2.01. The number of hydrogen-bond donors (Lipinski definition) is 1. The van der Waals surface area contributed by atoms with Crippen LogP contribution in [0.15, 0.2) is 29.8 Å². The third-order valence-corrected chi connectivity index (χ3v) is 3.39. The van der Waals surface area contributed by atoms with E-state index in [0.717, 1.165) is 13.0 Å². The van der Waals surface area contributed by atoms with Crippen molar-refractivity contribution in [1.82, 2.24) is 5.32 Å². The van der Waals surface area contributed by atoms with Gasteiger partial charge in [0, 0.05) is 23.3 Å². The van der Waals surface area contributed by atoms with Crippen LogP contribution in [0.5, 0.6) is 0 Å². The molecule has 0 saturated carbocycles. The van der Waals surface area contributed by atoms with E-state index in [-0.39, 0.29) is 0 Å². The SMILES string of the molecule is C#C.C=C/C=C\c1sc(CCNC=NC)cc1C. The molecule has 1 rings (SSSR count). The normalized spacial score (nSPS) is 10.2. The van der Waals surface area contributed by atoms with Gasteiger partial charge in [-0.15, -0.1) is 24.2 Å². The van der Waals surface area contributed by atoms with Crippen molar-refractivity contribution in [2.24, 2.45) is 4.99 Å². The lowest BCUT2D eigenvalue weighted by atomic mass is 10.2. The molecule has 3 heteroatoms. The number of nitrogens with zero attached hydrogens (tertiary/aromatic N) is 1. The van der Waals surface area contributed by atoms with Crippen LogP contribution in [0.2, 0.25) is 0 Å². The smallest absolute Gasteiger partial charge is 0.0820 e. The first-order valence-electron chi connectivity index (χ1n) is 5.63. The number of aryl methyl sites for hydroxylation is 1. The first kappa shape index (κ1) is 16.2. The van der Waals surface area contributed by atoms with Crippen LogP contribution in [-0.4, -0.2) is 19.9 Å². The number of rotatable bonds is 6. The van der Waals surface area contributed by atoms with E-state index in [2.05, 4.69) is 48.8 Å². The van der Waals surface area contributed by atoms with Gasteiger partial charge in [-0.2, -0.15) is 0 Å². The summed E-state index contributed by atoms with van der Waals surface area (Å²) in [5, 5.41) is 3.14. The fourth-order valence-electron chi connectivity index (χ4n) is 1.36. The van der Waals surface area contributed by atoms with Gasteiger partial charge in [-0.05, 0) is 31.1 Å². The summed E-state index contributed by atoms with van der Waals surface area (Å²) >= 11 is 1.84. The summed E-state index contributed by atoms with van der Waals surface area (Å²) in [6.45, 7) is 6.75. The molecule has 1 heterocycles. The van der Waals surface area contributed by atoms with Crippen molar-refractivity contribution < 1.29 is 0 Å². The van der Waals surface area contributed by atoms with Gasteiger partial charge in [-0.3, -0.25) is 4.99 Å². The van der Waals surface area contributed by atoms with Gasteiger partial charge in [0.05, 0.1) is 6.34 Å². The van der Waals surface area contributed by atoms with Crippen molar-refractivity contribution in [1.29, 1.82) is 0 Å². The molecule has 0 aliphatic carbocycles. The Bertz CT molecular complexity index is 425. The van der Waals surface area contributed by atoms with E-state index >= 15 is 0 Å². The Hall–Kier alpha value is -1.79. The third kappa shape index (κ3) is 6.07. The van der Waals surface area contributed by atoms with Crippen LogP contribution in [0, 0.1) is 19.8 Å². The summed E-state index contributed by atoms with van der Waals surface area (Å²) in [5.41, 5.74) is 1.34. The maximum atomic E-state index is 4.00. The molecule has 96 valence electrons. The lowest BCUT2D eigenvalue weighted by molar-refractivity contribution is 0.889. The minimum Gasteiger partial charge on any atom is -0.376 e. The molecule has 0 bridgehead atoms. The maximum absolute atomic E-state index is 4.00. The molecule has 0 fully saturated rings. The van der Waals surface area contributed by atoms with E-state index in [1.807, 2.05) is 17.4 Å². The zero-order chi connectivity index (χ0) is 13.8. The molecule has 2 nitrogen and oxygen atoms in total.